The molecule has 2 aliphatic rings. The molecule has 2 heterocycles. The maximum atomic E-state index is 11.5. The minimum Gasteiger partial charge on any atom is -0.330 e. The molecule has 19 heavy (non-hydrogen) atoms. The molecule has 2 rings (SSSR count). The summed E-state index contributed by atoms with van der Waals surface area (Å²) in [6.45, 7) is 0. The normalized spacial score (nSPS) is 23.2. The zero-order chi connectivity index (χ0) is 13.7. The summed E-state index contributed by atoms with van der Waals surface area (Å²) in [7, 11) is 3.84. The van der Waals surface area contributed by atoms with Crippen molar-refractivity contribution in [1.82, 2.24) is 5.06 Å². The highest BCUT2D eigenvalue weighted by molar-refractivity contribution is 8.77. The van der Waals surface area contributed by atoms with Crippen molar-refractivity contribution in [2.75, 3.05) is 5.75 Å². The topological polar surface area (TPSA) is 63.7 Å². The van der Waals surface area contributed by atoms with Crippen molar-refractivity contribution >= 4 is 39.4 Å². The van der Waals surface area contributed by atoms with E-state index >= 15 is 0 Å². The molecule has 0 bridgehead atoms. The number of hydroxylamine groups is 2. The maximum Gasteiger partial charge on any atom is 0.333 e. The van der Waals surface area contributed by atoms with Gasteiger partial charge in [-0.2, -0.15) is 0 Å². The van der Waals surface area contributed by atoms with Crippen LogP contribution in [-0.4, -0.2) is 33.8 Å². The van der Waals surface area contributed by atoms with Crippen molar-refractivity contribution in [3.8, 4) is 0 Å². The zero-order valence-corrected chi connectivity index (χ0v) is 12.3. The van der Waals surface area contributed by atoms with E-state index in [2.05, 4.69) is 0 Å². The third kappa shape index (κ3) is 4.42. The van der Waals surface area contributed by atoms with Gasteiger partial charge in [0.2, 0.25) is 0 Å². The summed E-state index contributed by atoms with van der Waals surface area (Å²) in [6, 6.07) is 0. The number of imide groups is 1. The minimum atomic E-state index is -0.489. The Labute approximate surface area is 120 Å². The third-order valence-electron chi connectivity index (χ3n) is 3.08. The molecule has 5 nitrogen and oxygen atoms in total. The average molecular weight is 303 g/mol. The predicted molar refractivity (Wildman–Crippen MR) is 74.1 cm³/mol. The summed E-state index contributed by atoms with van der Waals surface area (Å²) >= 11 is 0. The fraction of sp³-hybridized carbons (Fsp3) is 0.750. The first-order valence-electron chi connectivity index (χ1n) is 6.51. The van der Waals surface area contributed by atoms with Crippen molar-refractivity contribution in [2.24, 2.45) is 0 Å². The molecule has 0 aromatic rings. The van der Waals surface area contributed by atoms with Gasteiger partial charge in [-0.15, -0.1) is 5.06 Å². The Kier molecular flexibility index (Phi) is 5.57. The Morgan fingerprint density at radius 2 is 2.00 bits per heavy atom. The Morgan fingerprint density at radius 1 is 1.26 bits per heavy atom. The van der Waals surface area contributed by atoms with Crippen molar-refractivity contribution in [3.63, 3.8) is 0 Å². The van der Waals surface area contributed by atoms with Gasteiger partial charge in [-0.3, -0.25) is 9.59 Å². The van der Waals surface area contributed by atoms with Gasteiger partial charge in [-0.1, -0.05) is 28.0 Å². The zero-order valence-electron chi connectivity index (χ0n) is 10.6. The van der Waals surface area contributed by atoms with Gasteiger partial charge in [0.1, 0.15) is 0 Å². The third-order valence-corrected chi connectivity index (χ3v) is 6.09. The second-order valence-electron chi connectivity index (χ2n) is 4.62. The lowest BCUT2D eigenvalue weighted by Gasteiger charge is -2.12. The standard InChI is InChI=1S/C12H17NO4S2/c14-10-5-6-11(15)13(10)17-12(16)4-2-1-3-9-7-8-18-19-9/h9H,1-8H2/t9-/m0/s1. The lowest BCUT2D eigenvalue weighted by molar-refractivity contribution is -0.197. The van der Waals surface area contributed by atoms with E-state index in [1.807, 2.05) is 21.6 Å². The first-order valence-corrected chi connectivity index (χ1v) is 8.90. The molecule has 106 valence electrons. The van der Waals surface area contributed by atoms with E-state index in [1.54, 1.807) is 0 Å². The molecule has 0 saturated carbocycles. The van der Waals surface area contributed by atoms with Gasteiger partial charge in [0, 0.05) is 30.3 Å². The first kappa shape index (κ1) is 14.7. The van der Waals surface area contributed by atoms with Crippen LogP contribution in [0.2, 0.25) is 0 Å². The van der Waals surface area contributed by atoms with E-state index in [4.69, 9.17) is 4.84 Å². The molecule has 2 aliphatic heterocycles. The van der Waals surface area contributed by atoms with Crippen molar-refractivity contribution in [1.29, 1.82) is 0 Å². The molecule has 2 fully saturated rings. The number of hydrogen-bond acceptors (Lipinski definition) is 6. The van der Waals surface area contributed by atoms with E-state index in [-0.39, 0.29) is 19.3 Å². The van der Waals surface area contributed by atoms with Crippen LogP contribution in [0.25, 0.3) is 0 Å². The second kappa shape index (κ2) is 7.19. The fourth-order valence-corrected chi connectivity index (χ4v) is 5.04. The molecule has 0 radical (unpaired) electrons. The van der Waals surface area contributed by atoms with Gasteiger partial charge in [0.05, 0.1) is 0 Å². The number of hydrogen-bond donors (Lipinski definition) is 0. The highest BCUT2D eigenvalue weighted by atomic mass is 33.1. The van der Waals surface area contributed by atoms with Crippen LogP contribution in [0.15, 0.2) is 0 Å². The second-order valence-corrected chi connectivity index (χ2v) is 7.41. The predicted octanol–water partition coefficient (Wildman–Crippen LogP) is 2.31. The number of amides is 2. The number of nitrogens with zero attached hydrogens (tertiary/aromatic N) is 1. The van der Waals surface area contributed by atoms with Crippen LogP contribution in [0.1, 0.15) is 44.9 Å². The largest absolute Gasteiger partial charge is 0.333 e. The van der Waals surface area contributed by atoms with Crippen molar-refractivity contribution in [2.45, 2.75) is 50.2 Å². The van der Waals surface area contributed by atoms with Gasteiger partial charge < -0.3 is 4.84 Å². The van der Waals surface area contributed by atoms with Crippen molar-refractivity contribution < 1.29 is 19.2 Å². The molecule has 1 atom stereocenters. The Bertz CT molecular complexity index is 353. The number of unbranched alkanes of at least 4 members (excludes halogenated alkanes) is 1. The lowest BCUT2D eigenvalue weighted by Crippen LogP contribution is -2.31. The van der Waals surface area contributed by atoms with E-state index < -0.39 is 17.8 Å². The fourth-order valence-electron chi connectivity index (χ4n) is 2.01. The van der Waals surface area contributed by atoms with Gasteiger partial charge in [-0.25, -0.2) is 4.79 Å². The Morgan fingerprint density at radius 3 is 2.63 bits per heavy atom. The molecule has 0 spiro atoms. The molecular formula is C12H17NO4S2. The van der Waals surface area contributed by atoms with E-state index in [0.717, 1.165) is 19.3 Å². The van der Waals surface area contributed by atoms with Crippen LogP contribution in [0.3, 0.4) is 0 Å². The smallest absolute Gasteiger partial charge is 0.330 e. The molecule has 7 heteroatoms. The van der Waals surface area contributed by atoms with E-state index in [1.165, 1.54) is 12.2 Å². The maximum absolute atomic E-state index is 11.5. The molecule has 2 saturated heterocycles. The summed E-state index contributed by atoms with van der Waals surface area (Å²) in [5, 5.41) is 1.33. The Hall–Kier alpha value is -0.690. The Balaban J connectivity index is 1.59. The summed E-state index contributed by atoms with van der Waals surface area (Å²) in [6.07, 6.45) is 4.64. The molecule has 0 unspecified atom stereocenters. The molecular weight excluding hydrogens is 286 g/mol. The van der Waals surface area contributed by atoms with Gasteiger partial charge in [-0.05, 0) is 19.3 Å². The minimum absolute atomic E-state index is 0.142. The first-order chi connectivity index (χ1) is 9.16. The molecule has 0 aliphatic carbocycles. The highest BCUT2D eigenvalue weighted by Crippen LogP contribution is 2.39. The van der Waals surface area contributed by atoms with E-state index in [0.29, 0.717) is 10.3 Å². The number of carbonyl (C=O) groups is 3. The van der Waals surface area contributed by atoms with Crippen LogP contribution in [0.5, 0.6) is 0 Å². The monoisotopic (exact) mass is 303 g/mol. The van der Waals surface area contributed by atoms with Crippen molar-refractivity contribution in [3.05, 3.63) is 0 Å². The van der Waals surface area contributed by atoms with Crippen LogP contribution in [-0.2, 0) is 19.2 Å². The van der Waals surface area contributed by atoms with Gasteiger partial charge >= 0.3 is 5.97 Å². The van der Waals surface area contributed by atoms with Gasteiger partial charge in [0.25, 0.3) is 11.8 Å². The molecule has 0 N–H and O–H groups in total. The van der Waals surface area contributed by atoms with E-state index in [9.17, 15) is 14.4 Å². The van der Waals surface area contributed by atoms with Crippen LogP contribution >= 0.6 is 21.6 Å². The SMILES string of the molecule is O=C(CCCC[C@H]1CCSS1)ON1C(=O)CCC1=O. The summed E-state index contributed by atoms with van der Waals surface area (Å²) in [5.74, 6) is -0.108. The number of carbonyl (C=O) groups excluding carboxylic acids is 3. The molecule has 2 amide bonds. The van der Waals surface area contributed by atoms with Crippen LogP contribution in [0, 0.1) is 0 Å². The van der Waals surface area contributed by atoms with Crippen LogP contribution in [0.4, 0.5) is 0 Å². The summed E-state index contributed by atoms with van der Waals surface area (Å²) in [5.41, 5.74) is 0. The quantitative estimate of drug-likeness (QED) is 0.426. The molecule has 0 aromatic heterocycles. The highest BCUT2D eigenvalue weighted by Gasteiger charge is 2.32. The van der Waals surface area contributed by atoms with Crippen LogP contribution < -0.4 is 0 Å². The number of rotatable bonds is 6. The lowest BCUT2D eigenvalue weighted by atomic mass is 10.1. The van der Waals surface area contributed by atoms with Gasteiger partial charge in [0.15, 0.2) is 0 Å². The summed E-state index contributed by atoms with van der Waals surface area (Å²) in [4.78, 5) is 38.8. The molecule has 0 aromatic carbocycles. The average Bonchev–Trinajstić information content (AvgIpc) is 3.00. The summed E-state index contributed by atoms with van der Waals surface area (Å²) < 4.78 is 0.